The number of rotatable bonds is 3. The predicted molar refractivity (Wildman–Crippen MR) is 101 cm³/mol. The number of aryl methyl sites for hydroxylation is 1. The molecule has 2 aromatic rings. The van der Waals surface area contributed by atoms with Crippen molar-refractivity contribution in [2.24, 2.45) is 5.92 Å². The van der Waals surface area contributed by atoms with Crippen molar-refractivity contribution in [1.29, 1.82) is 0 Å². The molecule has 0 spiro atoms. The number of piperidine rings is 1. The zero-order valence-corrected chi connectivity index (χ0v) is 17.2. The average molecular weight is 445 g/mol. The molecule has 2 aromatic heterocycles. The van der Waals surface area contributed by atoms with Crippen molar-refractivity contribution in [3.8, 4) is 0 Å². The fourth-order valence-electron chi connectivity index (χ4n) is 4.40. The first kappa shape index (κ1) is 21.1. The Morgan fingerprint density at radius 2 is 2.10 bits per heavy atom. The Morgan fingerprint density at radius 1 is 1.33 bits per heavy atom. The van der Waals surface area contributed by atoms with Crippen LogP contribution in [0, 0.1) is 12.8 Å². The number of carbonyl (C=O) groups excluding carboxylic acids is 1. The molecule has 7 nitrogen and oxygen atoms in total. The standard InChI is InChI=1S/C19H22F3N3O4S/c1-11-17-14(19(20,21)22)8-15(23-18(17)29-24-11)13-3-2-5-25(9-13)16(26)7-12-4-6-30(27,28)10-12/h8,12-13H,2-7,9-10H2,1H3/t12-,13-/m1/s1. The first-order valence-electron chi connectivity index (χ1n) is 9.86. The monoisotopic (exact) mass is 445 g/mol. The van der Waals surface area contributed by atoms with Crippen LogP contribution in [0.1, 0.15) is 48.6 Å². The second-order valence-electron chi connectivity index (χ2n) is 8.19. The van der Waals surface area contributed by atoms with Gasteiger partial charge in [0.2, 0.25) is 5.91 Å². The van der Waals surface area contributed by atoms with Crippen molar-refractivity contribution in [3.63, 3.8) is 0 Å². The van der Waals surface area contributed by atoms with E-state index in [4.69, 9.17) is 4.52 Å². The van der Waals surface area contributed by atoms with Crippen molar-refractivity contribution in [3.05, 3.63) is 23.0 Å². The third-order valence-electron chi connectivity index (χ3n) is 5.92. The maximum Gasteiger partial charge on any atom is 0.417 e. The van der Waals surface area contributed by atoms with E-state index in [9.17, 15) is 26.4 Å². The van der Waals surface area contributed by atoms with Gasteiger partial charge in [-0.2, -0.15) is 13.2 Å². The van der Waals surface area contributed by atoms with Gasteiger partial charge in [-0.3, -0.25) is 4.79 Å². The number of alkyl halides is 3. The number of hydrogen-bond acceptors (Lipinski definition) is 6. The third kappa shape index (κ3) is 4.17. The molecule has 0 radical (unpaired) electrons. The first-order chi connectivity index (χ1) is 14.0. The summed E-state index contributed by atoms with van der Waals surface area (Å²) in [5.41, 5.74) is -0.631. The number of halogens is 3. The minimum Gasteiger partial charge on any atom is -0.342 e. The van der Waals surface area contributed by atoms with Crippen LogP contribution in [-0.4, -0.2) is 54.0 Å². The molecule has 0 bridgehead atoms. The van der Waals surface area contributed by atoms with Gasteiger partial charge in [0, 0.05) is 25.4 Å². The highest BCUT2D eigenvalue weighted by molar-refractivity contribution is 7.91. The molecular formula is C19H22F3N3O4S. The van der Waals surface area contributed by atoms with Crippen molar-refractivity contribution in [2.75, 3.05) is 24.6 Å². The molecule has 0 aromatic carbocycles. The number of amides is 1. The van der Waals surface area contributed by atoms with Gasteiger partial charge in [-0.1, -0.05) is 5.16 Å². The molecule has 2 fully saturated rings. The van der Waals surface area contributed by atoms with E-state index in [-0.39, 0.29) is 64.7 Å². The Hall–Kier alpha value is -2.17. The zero-order chi connectivity index (χ0) is 21.7. The van der Waals surface area contributed by atoms with Gasteiger partial charge in [0.05, 0.1) is 33.8 Å². The molecular weight excluding hydrogens is 423 g/mol. The lowest BCUT2D eigenvalue weighted by molar-refractivity contribution is -0.136. The summed E-state index contributed by atoms with van der Waals surface area (Å²) in [4.78, 5) is 18.6. The lowest BCUT2D eigenvalue weighted by Crippen LogP contribution is -2.40. The van der Waals surface area contributed by atoms with Crippen molar-refractivity contribution < 1.29 is 30.9 Å². The fraction of sp³-hybridized carbons (Fsp3) is 0.632. The van der Waals surface area contributed by atoms with Crippen molar-refractivity contribution in [1.82, 2.24) is 15.0 Å². The highest BCUT2D eigenvalue weighted by atomic mass is 32.2. The van der Waals surface area contributed by atoms with E-state index in [1.54, 1.807) is 4.90 Å². The number of hydrogen-bond donors (Lipinski definition) is 0. The highest BCUT2D eigenvalue weighted by Crippen LogP contribution is 2.38. The van der Waals surface area contributed by atoms with Gasteiger partial charge in [-0.25, -0.2) is 13.4 Å². The number of carbonyl (C=O) groups is 1. The molecule has 2 aliphatic rings. The largest absolute Gasteiger partial charge is 0.417 e. The normalized spacial score (nSPS) is 24.5. The highest BCUT2D eigenvalue weighted by Gasteiger charge is 2.37. The molecule has 0 saturated carbocycles. The van der Waals surface area contributed by atoms with E-state index < -0.39 is 21.6 Å². The Bertz CT molecular complexity index is 1080. The van der Waals surface area contributed by atoms with Crippen LogP contribution in [0.25, 0.3) is 11.1 Å². The Morgan fingerprint density at radius 3 is 2.77 bits per heavy atom. The van der Waals surface area contributed by atoms with E-state index in [2.05, 4.69) is 10.1 Å². The third-order valence-corrected chi connectivity index (χ3v) is 7.76. The molecule has 0 unspecified atom stereocenters. The number of pyridine rings is 1. The number of nitrogens with zero attached hydrogens (tertiary/aromatic N) is 3. The maximum atomic E-state index is 13.6. The molecule has 4 rings (SSSR count). The number of sulfone groups is 1. The Labute approximate surface area is 171 Å². The predicted octanol–water partition coefficient (Wildman–Crippen LogP) is 3.08. The number of likely N-dealkylation sites (tertiary alicyclic amines) is 1. The minimum absolute atomic E-state index is 0.0218. The van der Waals surface area contributed by atoms with E-state index >= 15 is 0 Å². The van der Waals surface area contributed by atoms with Gasteiger partial charge < -0.3 is 9.42 Å². The summed E-state index contributed by atoms with van der Waals surface area (Å²) in [6, 6.07) is 1.04. The number of fused-ring (bicyclic) bond motifs is 1. The van der Waals surface area contributed by atoms with Crippen LogP contribution in [0.5, 0.6) is 0 Å². The van der Waals surface area contributed by atoms with Crippen molar-refractivity contribution in [2.45, 2.75) is 44.7 Å². The van der Waals surface area contributed by atoms with E-state index in [0.717, 1.165) is 6.07 Å². The average Bonchev–Trinajstić information content (AvgIpc) is 3.22. The van der Waals surface area contributed by atoms with Gasteiger partial charge in [-0.05, 0) is 38.2 Å². The summed E-state index contributed by atoms with van der Waals surface area (Å²) in [6.45, 7) is 2.19. The molecule has 0 N–H and O–H groups in total. The summed E-state index contributed by atoms with van der Waals surface area (Å²) in [6.07, 6.45) is -2.72. The van der Waals surface area contributed by atoms with Gasteiger partial charge in [0.1, 0.15) is 0 Å². The van der Waals surface area contributed by atoms with Crippen LogP contribution in [0.4, 0.5) is 13.2 Å². The van der Waals surface area contributed by atoms with E-state index in [0.29, 0.717) is 25.8 Å². The van der Waals surface area contributed by atoms with Crippen LogP contribution < -0.4 is 0 Å². The molecule has 4 heterocycles. The quantitative estimate of drug-likeness (QED) is 0.721. The smallest absolute Gasteiger partial charge is 0.342 e. The van der Waals surface area contributed by atoms with Gasteiger partial charge in [-0.15, -0.1) is 0 Å². The Kier molecular flexibility index (Phi) is 5.27. The summed E-state index contributed by atoms with van der Waals surface area (Å²) in [5.74, 6) is -0.575. The summed E-state index contributed by atoms with van der Waals surface area (Å²) in [7, 11) is -3.07. The summed E-state index contributed by atoms with van der Waals surface area (Å²) in [5, 5.41) is 3.48. The van der Waals surface area contributed by atoms with Crippen LogP contribution in [0.2, 0.25) is 0 Å². The Balaban J connectivity index is 1.55. The topological polar surface area (TPSA) is 93.4 Å². The van der Waals surface area contributed by atoms with Gasteiger partial charge in [0.25, 0.3) is 5.71 Å². The lowest BCUT2D eigenvalue weighted by atomic mass is 9.92. The van der Waals surface area contributed by atoms with Crippen LogP contribution in [0.15, 0.2) is 10.6 Å². The number of aromatic nitrogens is 2. The molecule has 30 heavy (non-hydrogen) atoms. The van der Waals surface area contributed by atoms with E-state index in [1.807, 2.05) is 0 Å². The van der Waals surface area contributed by atoms with Crippen LogP contribution in [-0.2, 0) is 20.8 Å². The molecule has 164 valence electrons. The van der Waals surface area contributed by atoms with Crippen LogP contribution >= 0.6 is 0 Å². The second-order valence-corrected chi connectivity index (χ2v) is 10.4. The molecule has 11 heteroatoms. The van der Waals surface area contributed by atoms with Gasteiger partial charge >= 0.3 is 6.18 Å². The van der Waals surface area contributed by atoms with Crippen LogP contribution in [0.3, 0.4) is 0 Å². The molecule has 0 aliphatic carbocycles. The molecule has 1 amide bonds. The molecule has 2 atom stereocenters. The fourth-order valence-corrected chi connectivity index (χ4v) is 6.26. The lowest BCUT2D eigenvalue weighted by Gasteiger charge is -2.33. The van der Waals surface area contributed by atoms with Gasteiger partial charge in [0.15, 0.2) is 9.84 Å². The zero-order valence-electron chi connectivity index (χ0n) is 16.4. The summed E-state index contributed by atoms with van der Waals surface area (Å²) < 4.78 is 69.1. The molecule has 2 aliphatic heterocycles. The van der Waals surface area contributed by atoms with E-state index in [1.165, 1.54) is 6.92 Å². The molecule has 2 saturated heterocycles. The first-order valence-corrected chi connectivity index (χ1v) is 11.7. The maximum absolute atomic E-state index is 13.6. The van der Waals surface area contributed by atoms with Crippen molar-refractivity contribution >= 4 is 26.8 Å². The summed E-state index contributed by atoms with van der Waals surface area (Å²) >= 11 is 0. The SMILES string of the molecule is Cc1noc2nc([C@@H]3CCCN(C(=O)C[C@H]4CCS(=O)(=O)C4)C3)cc(C(F)(F)F)c12. The second kappa shape index (κ2) is 7.51. The minimum atomic E-state index is -4.58.